The van der Waals surface area contributed by atoms with Gasteiger partial charge in [0.05, 0.1) is 0 Å². The van der Waals surface area contributed by atoms with Crippen molar-refractivity contribution in [1.29, 1.82) is 0 Å². The summed E-state index contributed by atoms with van der Waals surface area (Å²) in [5.74, 6) is 0.205. The number of amides is 1. The number of carbonyl (C=O) groups is 1. The molecule has 0 aliphatic carbocycles. The van der Waals surface area contributed by atoms with Crippen LogP contribution in [0.1, 0.15) is 28.9 Å². The number of benzene rings is 1. The zero-order chi connectivity index (χ0) is 16.7. The standard InChI is InChI=1S/C18H22N4O2.2ClH/c19-18(24)11-3-4-15-14(6-11)17(23)7-13(21-15)9-22-8-12-2-1-5-20-16(12)10-22;;/h3-4,6-7,12,16,20H,1-2,5,8-10H2,(H2,19,24)(H,21,23);2*1H/t12-,16+;;/m0../s1. The molecule has 0 spiro atoms. The van der Waals surface area contributed by atoms with Crippen LogP contribution in [-0.2, 0) is 6.54 Å². The van der Waals surface area contributed by atoms with E-state index in [0.717, 1.165) is 43.3 Å². The topological polar surface area (TPSA) is 91.2 Å². The van der Waals surface area contributed by atoms with Crippen molar-refractivity contribution in [2.24, 2.45) is 11.7 Å². The van der Waals surface area contributed by atoms with E-state index in [2.05, 4.69) is 15.2 Å². The van der Waals surface area contributed by atoms with Crippen molar-refractivity contribution < 1.29 is 4.79 Å². The molecule has 0 radical (unpaired) electrons. The summed E-state index contributed by atoms with van der Waals surface area (Å²) in [7, 11) is 0. The number of H-pyrrole nitrogens is 1. The van der Waals surface area contributed by atoms with Gasteiger partial charge in [0.15, 0.2) is 5.43 Å². The fourth-order valence-electron chi connectivity index (χ4n) is 4.05. The number of pyridine rings is 1. The molecule has 0 bridgehead atoms. The van der Waals surface area contributed by atoms with Gasteiger partial charge in [0, 0.05) is 53.9 Å². The highest BCUT2D eigenvalue weighted by molar-refractivity contribution is 5.96. The van der Waals surface area contributed by atoms with Crippen LogP contribution < -0.4 is 16.5 Å². The second kappa shape index (κ2) is 8.39. The van der Waals surface area contributed by atoms with Crippen LogP contribution in [0.5, 0.6) is 0 Å². The molecule has 142 valence electrons. The minimum Gasteiger partial charge on any atom is -0.366 e. The average molecular weight is 399 g/mol. The average Bonchev–Trinajstić information content (AvgIpc) is 2.96. The molecule has 4 rings (SSSR count). The minimum absolute atomic E-state index is 0. The number of likely N-dealkylation sites (tertiary alicyclic amines) is 1. The highest BCUT2D eigenvalue weighted by atomic mass is 35.5. The van der Waals surface area contributed by atoms with Gasteiger partial charge in [-0.1, -0.05) is 0 Å². The van der Waals surface area contributed by atoms with E-state index in [1.807, 2.05) is 0 Å². The number of aromatic amines is 1. The first-order chi connectivity index (χ1) is 11.6. The molecular weight excluding hydrogens is 375 g/mol. The second-order valence-corrected chi connectivity index (χ2v) is 6.94. The third kappa shape index (κ3) is 4.04. The maximum atomic E-state index is 12.4. The number of rotatable bonds is 3. The largest absolute Gasteiger partial charge is 0.366 e. The third-order valence-corrected chi connectivity index (χ3v) is 5.24. The van der Waals surface area contributed by atoms with Crippen molar-refractivity contribution in [2.45, 2.75) is 25.4 Å². The first-order valence-electron chi connectivity index (χ1n) is 8.51. The molecule has 0 unspecified atom stereocenters. The lowest BCUT2D eigenvalue weighted by Crippen LogP contribution is -2.40. The first-order valence-corrected chi connectivity index (χ1v) is 8.51. The predicted molar refractivity (Wildman–Crippen MR) is 107 cm³/mol. The molecule has 26 heavy (non-hydrogen) atoms. The molecule has 8 heteroatoms. The van der Waals surface area contributed by atoms with Crippen molar-refractivity contribution in [1.82, 2.24) is 15.2 Å². The number of primary amides is 1. The maximum Gasteiger partial charge on any atom is 0.248 e. The monoisotopic (exact) mass is 398 g/mol. The van der Waals surface area contributed by atoms with Crippen molar-refractivity contribution in [3.63, 3.8) is 0 Å². The molecule has 3 heterocycles. The summed E-state index contributed by atoms with van der Waals surface area (Å²) in [6, 6.07) is 7.20. The number of hydrogen-bond donors (Lipinski definition) is 3. The van der Waals surface area contributed by atoms with Crippen molar-refractivity contribution in [3.8, 4) is 0 Å². The predicted octanol–water partition coefficient (Wildman–Crippen LogP) is 1.65. The van der Waals surface area contributed by atoms with Crippen LogP contribution in [0, 0.1) is 5.92 Å². The molecule has 6 nitrogen and oxygen atoms in total. The van der Waals surface area contributed by atoms with Gasteiger partial charge in [0.25, 0.3) is 0 Å². The Kier molecular flexibility index (Phi) is 6.69. The fourth-order valence-corrected chi connectivity index (χ4v) is 4.05. The smallest absolute Gasteiger partial charge is 0.248 e. The number of hydrogen-bond acceptors (Lipinski definition) is 4. The minimum atomic E-state index is -0.521. The quantitative estimate of drug-likeness (QED) is 0.732. The molecule has 1 amide bonds. The molecule has 2 fully saturated rings. The Balaban J connectivity index is 0.00000121. The lowest BCUT2D eigenvalue weighted by Gasteiger charge is -2.24. The van der Waals surface area contributed by atoms with Gasteiger partial charge in [0.1, 0.15) is 0 Å². The molecule has 4 N–H and O–H groups in total. The Labute approximate surface area is 164 Å². The van der Waals surface area contributed by atoms with E-state index in [0.29, 0.717) is 17.0 Å². The summed E-state index contributed by atoms with van der Waals surface area (Å²) >= 11 is 0. The molecule has 2 saturated heterocycles. The van der Waals surface area contributed by atoms with Gasteiger partial charge in [-0.25, -0.2) is 0 Å². The summed E-state index contributed by atoms with van der Waals surface area (Å²) in [6.07, 6.45) is 2.54. The molecular formula is C18H24Cl2N4O2. The van der Waals surface area contributed by atoms with E-state index in [-0.39, 0.29) is 30.2 Å². The van der Waals surface area contributed by atoms with Gasteiger partial charge < -0.3 is 16.0 Å². The van der Waals surface area contributed by atoms with E-state index in [1.165, 1.54) is 12.8 Å². The van der Waals surface area contributed by atoms with Crippen LogP contribution in [0.3, 0.4) is 0 Å². The third-order valence-electron chi connectivity index (χ3n) is 5.24. The summed E-state index contributed by atoms with van der Waals surface area (Å²) in [5, 5.41) is 4.10. The van der Waals surface area contributed by atoms with E-state index >= 15 is 0 Å². The van der Waals surface area contributed by atoms with Crippen LogP contribution >= 0.6 is 24.8 Å². The van der Waals surface area contributed by atoms with Crippen LogP contribution in [0.2, 0.25) is 0 Å². The van der Waals surface area contributed by atoms with E-state index in [9.17, 15) is 9.59 Å². The Hall–Kier alpha value is -1.60. The van der Waals surface area contributed by atoms with Crippen molar-refractivity contribution in [3.05, 3.63) is 45.7 Å². The fraction of sp³-hybridized carbons (Fsp3) is 0.444. The molecule has 1 aromatic heterocycles. The van der Waals surface area contributed by atoms with E-state index in [4.69, 9.17) is 5.73 Å². The highest BCUT2D eigenvalue weighted by Gasteiger charge is 2.34. The second-order valence-electron chi connectivity index (χ2n) is 6.94. The Bertz CT molecular complexity index is 841. The lowest BCUT2D eigenvalue weighted by atomic mass is 9.94. The zero-order valence-corrected chi connectivity index (χ0v) is 16.0. The van der Waals surface area contributed by atoms with Crippen LogP contribution in [0.4, 0.5) is 0 Å². The van der Waals surface area contributed by atoms with Crippen LogP contribution in [0.15, 0.2) is 29.1 Å². The van der Waals surface area contributed by atoms with E-state index < -0.39 is 5.91 Å². The maximum absolute atomic E-state index is 12.4. The zero-order valence-electron chi connectivity index (χ0n) is 14.4. The van der Waals surface area contributed by atoms with Gasteiger partial charge in [-0.15, -0.1) is 24.8 Å². The van der Waals surface area contributed by atoms with Gasteiger partial charge in [-0.3, -0.25) is 14.5 Å². The van der Waals surface area contributed by atoms with Gasteiger partial charge in [-0.2, -0.15) is 0 Å². The number of nitrogens with zero attached hydrogens (tertiary/aromatic N) is 1. The number of piperidine rings is 1. The Morgan fingerprint density at radius 2 is 2.04 bits per heavy atom. The van der Waals surface area contributed by atoms with E-state index in [1.54, 1.807) is 24.3 Å². The molecule has 2 aliphatic rings. The first kappa shape index (κ1) is 20.7. The number of halogens is 2. The number of nitrogens with one attached hydrogen (secondary N) is 2. The molecule has 1 aromatic carbocycles. The summed E-state index contributed by atoms with van der Waals surface area (Å²) in [5.41, 5.74) is 7.23. The van der Waals surface area contributed by atoms with Crippen LogP contribution in [-0.4, -0.2) is 41.5 Å². The van der Waals surface area contributed by atoms with Gasteiger partial charge in [0.2, 0.25) is 5.91 Å². The van der Waals surface area contributed by atoms with Crippen molar-refractivity contribution in [2.75, 3.05) is 19.6 Å². The normalized spacial score (nSPS) is 22.3. The van der Waals surface area contributed by atoms with Gasteiger partial charge >= 0.3 is 0 Å². The van der Waals surface area contributed by atoms with Crippen molar-refractivity contribution >= 4 is 41.6 Å². The summed E-state index contributed by atoms with van der Waals surface area (Å²) < 4.78 is 0. The SMILES string of the molecule is Cl.Cl.NC(=O)c1ccc2[nH]c(CN3C[C@@H]4CCCN[C@@H]4C3)cc(=O)c2c1. The molecule has 2 aliphatic heterocycles. The number of aromatic nitrogens is 1. The number of carbonyl (C=O) groups excluding carboxylic acids is 1. The Morgan fingerprint density at radius 3 is 2.77 bits per heavy atom. The molecule has 2 atom stereocenters. The Morgan fingerprint density at radius 1 is 1.23 bits per heavy atom. The number of fused-ring (bicyclic) bond motifs is 2. The highest BCUT2D eigenvalue weighted by Crippen LogP contribution is 2.25. The summed E-state index contributed by atoms with van der Waals surface area (Å²) in [4.78, 5) is 29.4. The number of nitrogens with two attached hydrogens (primary N) is 1. The molecule has 0 saturated carbocycles. The van der Waals surface area contributed by atoms with Crippen LogP contribution in [0.25, 0.3) is 10.9 Å². The summed E-state index contributed by atoms with van der Waals surface area (Å²) in [6.45, 7) is 3.98. The molecule has 2 aromatic rings. The van der Waals surface area contributed by atoms with Gasteiger partial charge in [-0.05, 0) is 43.5 Å². The lowest BCUT2D eigenvalue weighted by molar-refractivity contribution is 0.100.